The van der Waals surface area contributed by atoms with E-state index in [-0.39, 0.29) is 0 Å². The molecule has 0 N–H and O–H groups in total. The Kier molecular flexibility index (Phi) is 9.50. The number of aromatic nitrogens is 4. The third-order valence-electron chi connectivity index (χ3n) is 10.3. The zero-order valence-electron chi connectivity index (χ0n) is 31.4. The van der Waals surface area contributed by atoms with E-state index >= 15 is 0 Å². The van der Waals surface area contributed by atoms with Gasteiger partial charge in [0.25, 0.3) is 0 Å². The Bertz CT molecular complexity index is 2880. The smallest absolute Gasteiger partial charge is 0.235 e. The van der Waals surface area contributed by atoms with Crippen LogP contribution in [-0.4, -0.2) is 19.1 Å². The molecule has 0 fully saturated rings. The van der Waals surface area contributed by atoms with Crippen molar-refractivity contribution in [2.24, 2.45) is 0 Å². The first-order valence-corrected chi connectivity index (χ1v) is 19.0. The summed E-state index contributed by atoms with van der Waals surface area (Å²) < 4.78 is 4.64. The highest BCUT2D eigenvalue weighted by molar-refractivity contribution is 6.21. The summed E-state index contributed by atoms with van der Waals surface area (Å²) in [7, 11) is 0. The molecule has 0 saturated carbocycles. The lowest BCUT2D eigenvalue weighted by Crippen LogP contribution is -2.04. The second-order valence-electron chi connectivity index (χ2n) is 13.3. The summed E-state index contributed by atoms with van der Waals surface area (Å²) in [4.78, 5) is 10.6. The highest BCUT2D eigenvalue weighted by Gasteiger charge is 2.21. The average molecular weight is 701 g/mol. The Hall–Kier alpha value is -6.52. The Morgan fingerprint density at radius 3 is 2.15 bits per heavy atom. The second-order valence-corrected chi connectivity index (χ2v) is 13.3. The lowest BCUT2D eigenvalue weighted by Gasteiger charge is -2.17. The SMILES string of the molecule is C=Cc1c(/C=C\C)n(C2=CC=C(/C=C\C=C/C)CC2)c2ccc(-c3nc(-n4c5ccccc5c5c6ccccc6ccc54)nc4ccccc34)cc12.CC. The van der Waals surface area contributed by atoms with Crippen molar-refractivity contribution < 1.29 is 0 Å². The van der Waals surface area contributed by atoms with Crippen molar-refractivity contribution in [3.8, 4) is 17.2 Å². The zero-order chi connectivity index (χ0) is 37.2. The predicted molar refractivity (Wildman–Crippen MR) is 234 cm³/mol. The maximum atomic E-state index is 5.43. The topological polar surface area (TPSA) is 35.6 Å². The Labute approximate surface area is 317 Å². The van der Waals surface area contributed by atoms with Crippen molar-refractivity contribution >= 4 is 72.2 Å². The minimum Gasteiger partial charge on any atom is -0.313 e. The van der Waals surface area contributed by atoms with E-state index in [1.54, 1.807) is 0 Å². The largest absolute Gasteiger partial charge is 0.313 e. The number of fused-ring (bicyclic) bond motifs is 7. The minimum absolute atomic E-state index is 0.657. The number of nitrogens with zero attached hydrogens (tertiary/aromatic N) is 4. The van der Waals surface area contributed by atoms with E-state index in [2.05, 4.69) is 174 Å². The average Bonchev–Trinajstić information content (AvgIpc) is 3.73. The summed E-state index contributed by atoms with van der Waals surface area (Å²) in [6.07, 6.45) is 21.2. The van der Waals surface area contributed by atoms with Crippen LogP contribution in [0.5, 0.6) is 0 Å². The van der Waals surface area contributed by atoms with Crippen LogP contribution in [0.25, 0.3) is 89.4 Å². The van der Waals surface area contributed by atoms with Gasteiger partial charge in [0.15, 0.2) is 0 Å². The van der Waals surface area contributed by atoms with Gasteiger partial charge in [-0.1, -0.05) is 136 Å². The number of rotatable bonds is 7. The van der Waals surface area contributed by atoms with Crippen LogP contribution in [0.2, 0.25) is 0 Å². The molecule has 1 aliphatic rings. The van der Waals surface area contributed by atoms with E-state index in [9.17, 15) is 0 Å². The molecule has 1 aliphatic carbocycles. The summed E-state index contributed by atoms with van der Waals surface area (Å²) in [6, 6.07) is 36.7. The number of hydrogen-bond acceptors (Lipinski definition) is 2. The van der Waals surface area contributed by atoms with E-state index in [1.807, 2.05) is 26.8 Å². The van der Waals surface area contributed by atoms with Gasteiger partial charge in [-0.3, -0.25) is 4.57 Å². The van der Waals surface area contributed by atoms with Crippen molar-refractivity contribution in [1.29, 1.82) is 0 Å². The minimum atomic E-state index is 0.657. The summed E-state index contributed by atoms with van der Waals surface area (Å²) >= 11 is 0. The van der Waals surface area contributed by atoms with Crippen LogP contribution in [0.4, 0.5) is 0 Å². The quantitative estimate of drug-likeness (QED) is 0.155. The third-order valence-corrected chi connectivity index (χ3v) is 10.3. The van der Waals surface area contributed by atoms with Crippen molar-refractivity contribution in [2.45, 2.75) is 40.5 Å². The highest BCUT2D eigenvalue weighted by atomic mass is 15.2. The van der Waals surface area contributed by atoms with Crippen molar-refractivity contribution in [2.75, 3.05) is 0 Å². The van der Waals surface area contributed by atoms with Crippen molar-refractivity contribution in [3.63, 3.8) is 0 Å². The van der Waals surface area contributed by atoms with Crippen LogP contribution in [-0.2, 0) is 0 Å². The normalized spacial score (nSPS) is 13.5. The summed E-state index contributed by atoms with van der Waals surface area (Å²) in [5.74, 6) is 0.657. The summed E-state index contributed by atoms with van der Waals surface area (Å²) in [5.41, 5.74) is 11.1. The summed E-state index contributed by atoms with van der Waals surface area (Å²) in [5, 5.41) is 7.02. The fourth-order valence-corrected chi connectivity index (χ4v) is 7.93. The first-order valence-electron chi connectivity index (χ1n) is 19.0. The molecule has 9 rings (SSSR count). The molecule has 8 aromatic rings. The molecule has 54 heavy (non-hydrogen) atoms. The number of allylic oxidation sites excluding steroid dienone is 9. The number of hydrogen-bond donors (Lipinski definition) is 0. The molecule has 0 atom stereocenters. The monoisotopic (exact) mass is 700 g/mol. The van der Waals surface area contributed by atoms with E-state index in [0.717, 1.165) is 68.2 Å². The van der Waals surface area contributed by atoms with Gasteiger partial charge in [-0.15, -0.1) is 0 Å². The first-order chi connectivity index (χ1) is 26.7. The second kappa shape index (κ2) is 14.8. The Morgan fingerprint density at radius 1 is 0.630 bits per heavy atom. The van der Waals surface area contributed by atoms with Crippen LogP contribution in [0.3, 0.4) is 0 Å². The first kappa shape index (κ1) is 34.6. The summed E-state index contributed by atoms with van der Waals surface area (Å²) in [6.45, 7) is 12.4. The molecular formula is C50H44N4. The maximum absolute atomic E-state index is 5.43. The molecule has 4 nitrogen and oxygen atoms in total. The molecule has 3 aromatic heterocycles. The van der Waals surface area contributed by atoms with E-state index in [1.165, 1.54) is 32.8 Å². The van der Waals surface area contributed by atoms with Crippen molar-refractivity contribution in [3.05, 3.63) is 169 Å². The van der Waals surface area contributed by atoms with Gasteiger partial charge in [0.2, 0.25) is 5.95 Å². The van der Waals surface area contributed by atoms with Gasteiger partial charge in [0.05, 0.1) is 33.5 Å². The molecule has 5 aromatic carbocycles. The van der Waals surface area contributed by atoms with Gasteiger partial charge in [-0.05, 0) is 85.5 Å². The fourth-order valence-electron chi connectivity index (χ4n) is 7.93. The van der Waals surface area contributed by atoms with Gasteiger partial charge in [0.1, 0.15) is 0 Å². The third kappa shape index (κ3) is 5.81. The van der Waals surface area contributed by atoms with Crippen LogP contribution in [0.1, 0.15) is 51.8 Å². The lowest BCUT2D eigenvalue weighted by atomic mass is 10.0. The standard InChI is InChI=1S/C48H38N4.C2H6/c1-4-7-8-16-32-23-27-35(28-24-32)51-42(15-5-2)36(6-3)40-31-34(26-29-44(40)51)47-38-19-11-13-21-41(38)49-48(50-47)52-43-22-14-12-20-39(43)46-37-18-10-9-17-33(37)25-30-45(46)52;1-2/h4-23,25-27,29-31H,3,24,28H2,1-2H3;1-2H3/b7-4-,15-5-,16-8-;. The van der Waals surface area contributed by atoms with Crippen LogP contribution in [0.15, 0.2) is 158 Å². The molecule has 0 radical (unpaired) electrons. The number of benzene rings is 5. The molecule has 264 valence electrons. The van der Waals surface area contributed by atoms with Crippen LogP contribution < -0.4 is 0 Å². The molecule has 0 spiro atoms. The van der Waals surface area contributed by atoms with Gasteiger partial charge in [0, 0.05) is 38.4 Å². The molecule has 0 amide bonds. The molecule has 0 bridgehead atoms. The zero-order valence-corrected chi connectivity index (χ0v) is 31.4. The molecule has 0 aliphatic heterocycles. The van der Waals surface area contributed by atoms with Crippen LogP contribution >= 0.6 is 0 Å². The van der Waals surface area contributed by atoms with E-state index < -0.39 is 0 Å². The maximum Gasteiger partial charge on any atom is 0.235 e. The fraction of sp³-hybridized carbons (Fsp3) is 0.120. The molecule has 4 heteroatoms. The lowest BCUT2D eigenvalue weighted by molar-refractivity contribution is 0.931. The van der Waals surface area contributed by atoms with Gasteiger partial charge >= 0.3 is 0 Å². The van der Waals surface area contributed by atoms with E-state index in [0.29, 0.717) is 5.95 Å². The molecule has 3 heterocycles. The number of para-hydroxylation sites is 2. The van der Waals surface area contributed by atoms with Crippen LogP contribution in [0, 0.1) is 0 Å². The van der Waals surface area contributed by atoms with Gasteiger partial charge < -0.3 is 4.57 Å². The molecular weight excluding hydrogens is 657 g/mol. The van der Waals surface area contributed by atoms with Crippen molar-refractivity contribution in [1.82, 2.24) is 19.1 Å². The highest BCUT2D eigenvalue weighted by Crippen LogP contribution is 2.40. The molecule has 0 unspecified atom stereocenters. The Balaban J connectivity index is 0.00000203. The van der Waals surface area contributed by atoms with Gasteiger partial charge in [-0.2, -0.15) is 0 Å². The Morgan fingerprint density at radius 2 is 1.37 bits per heavy atom. The van der Waals surface area contributed by atoms with E-state index in [4.69, 9.17) is 9.97 Å². The van der Waals surface area contributed by atoms with Gasteiger partial charge in [-0.25, -0.2) is 9.97 Å². The molecule has 0 saturated heterocycles. The predicted octanol–water partition coefficient (Wildman–Crippen LogP) is 13.9.